The molecule has 0 heterocycles. The van der Waals surface area contributed by atoms with Gasteiger partial charge in [0, 0.05) is 0 Å². The highest BCUT2D eigenvalue weighted by Crippen LogP contribution is 2.38. The molecule has 0 amide bonds. The van der Waals surface area contributed by atoms with Gasteiger partial charge in [0.15, 0.2) is 8.32 Å². The van der Waals surface area contributed by atoms with E-state index in [0.717, 1.165) is 6.17 Å². The SMILES string of the molecule is C=C[Si](C)(NC[Si](C)(C)c1ccccc1)O[Si](C)(C)C(C)(C)C. The lowest BCUT2D eigenvalue weighted by Gasteiger charge is -2.43. The lowest BCUT2D eigenvalue weighted by molar-refractivity contribution is 0.479. The van der Waals surface area contributed by atoms with E-state index in [1.54, 1.807) is 0 Å². The average molecular weight is 366 g/mol. The minimum absolute atomic E-state index is 0.221. The van der Waals surface area contributed by atoms with Gasteiger partial charge in [-0.2, -0.15) is 0 Å². The van der Waals surface area contributed by atoms with Gasteiger partial charge < -0.3 is 9.10 Å². The first-order valence-electron chi connectivity index (χ1n) is 8.47. The lowest BCUT2D eigenvalue weighted by Crippen LogP contribution is -2.63. The van der Waals surface area contributed by atoms with Crippen LogP contribution in [0, 0.1) is 0 Å². The summed E-state index contributed by atoms with van der Waals surface area (Å²) in [5.74, 6) is 0. The zero-order valence-electron chi connectivity index (χ0n) is 16.3. The number of rotatable bonds is 7. The van der Waals surface area contributed by atoms with Crippen molar-refractivity contribution in [3.8, 4) is 0 Å². The zero-order valence-corrected chi connectivity index (χ0v) is 19.3. The molecule has 0 spiro atoms. The molecule has 1 N–H and O–H groups in total. The van der Waals surface area contributed by atoms with E-state index in [1.165, 1.54) is 5.19 Å². The van der Waals surface area contributed by atoms with Crippen LogP contribution in [0.3, 0.4) is 0 Å². The molecule has 23 heavy (non-hydrogen) atoms. The fraction of sp³-hybridized carbons (Fsp3) is 0.556. The smallest absolute Gasteiger partial charge is 0.280 e. The standard InChI is InChI=1S/C18H35NOSi3/c1-10-23(9,20-22(7,8)18(2,3)4)19-16-21(5,6)17-14-12-11-13-15-17/h10-15,19H,1,16H2,2-9H3. The monoisotopic (exact) mass is 365 g/mol. The Labute approximate surface area is 146 Å². The predicted octanol–water partition coefficient (Wildman–Crippen LogP) is 4.55. The number of nitrogens with one attached hydrogen (secondary N) is 1. The molecule has 1 unspecified atom stereocenters. The molecule has 0 saturated heterocycles. The molecule has 5 heteroatoms. The van der Waals surface area contributed by atoms with Gasteiger partial charge in [0.05, 0.1) is 8.07 Å². The summed E-state index contributed by atoms with van der Waals surface area (Å²) in [5.41, 5.74) is 2.06. The average Bonchev–Trinajstić information content (AvgIpc) is 2.45. The highest BCUT2D eigenvalue weighted by Gasteiger charge is 2.43. The van der Waals surface area contributed by atoms with Gasteiger partial charge in [-0.1, -0.05) is 75.1 Å². The molecule has 0 radical (unpaired) electrons. The summed E-state index contributed by atoms with van der Waals surface area (Å²) < 4.78 is 6.74. The first kappa shape index (κ1) is 20.6. The van der Waals surface area contributed by atoms with Crippen molar-refractivity contribution < 1.29 is 4.12 Å². The van der Waals surface area contributed by atoms with Crippen molar-refractivity contribution in [1.82, 2.24) is 4.98 Å². The Kier molecular flexibility index (Phi) is 6.43. The van der Waals surface area contributed by atoms with Gasteiger partial charge in [0.2, 0.25) is 0 Å². The van der Waals surface area contributed by atoms with Crippen molar-refractivity contribution in [2.24, 2.45) is 0 Å². The van der Waals surface area contributed by atoms with Crippen LogP contribution in [0.5, 0.6) is 0 Å². The Morgan fingerprint density at radius 3 is 2.00 bits per heavy atom. The maximum absolute atomic E-state index is 6.74. The van der Waals surface area contributed by atoms with Crippen LogP contribution in [0.25, 0.3) is 0 Å². The van der Waals surface area contributed by atoms with Crippen LogP contribution < -0.4 is 10.2 Å². The van der Waals surface area contributed by atoms with E-state index in [9.17, 15) is 0 Å². The third-order valence-corrected chi connectivity index (χ3v) is 17.4. The van der Waals surface area contributed by atoms with Crippen LogP contribution in [0.15, 0.2) is 42.6 Å². The van der Waals surface area contributed by atoms with Crippen LogP contribution in [-0.4, -0.2) is 31.0 Å². The molecule has 1 aromatic rings. The van der Waals surface area contributed by atoms with Gasteiger partial charge in [0.1, 0.15) is 0 Å². The van der Waals surface area contributed by atoms with Crippen LogP contribution in [0.2, 0.25) is 37.8 Å². The van der Waals surface area contributed by atoms with Crippen LogP contribution in [0.1, 0.15) is 20.8 Å². The molecule has 1 rings (SSSR count). The molecule has 0 aliphatic heterocycles. The van der Waals surface area contributed by atoms with E-state index in [2.05, 4.69) is 101 Å². The summed E-state index contributed by atoms with van der Waals surface area (Å²) in [6.07, 6.45) is 1.03. The van der Waals surface area contributed by atoms with Crippen molar-refractivity contribution in [2.45, 2.75) is 58.5 Å². The third kappa shape index (κ3) is 5.53. The van der Waals surface area contributed by atoms with Crippen molar-refractivity contribution in [1.29, 1.82) is 0 Å². The number of benzene rings is 1. The molecule has 0 aromatic heterocycles. The summed E-state index contributed by atoms with van der Waals surface area (Å²) in [6.45, 7) is 22.7. The molecule has 0 aliphatic rings. The third-order valence-electron chi connectivity index (χ3n) is 5.10. The van der Waals surface area contributed by atoms with Crippen LogP contribution in [-0.2, 0) is 4.12 Å². The van der Waals surface area contributed by atoms with E-state index < -0.39 is 24.9 Å². The summed E-state index contributed by atoms with van der Waals surface area (Å²) in [4.78, 5) is 3.81. The fourth-order valence-electron chi connectivity index (χ4n) is 2.22. The lowest BCUT2D eigenvalue weighted by atomic mass is 10.2. The Morgan fingerprint density at radius 1 is 1.04 bits per heavy atom. The number of hydrogen-bond acceptors (Lipinski definition) is 2. The number of hydrogen-bond donors (Lipinski definition) is 1. The molecule has 1 aromatic carbocycles. The second-order valence-electron chi connectivity index (χ2n) is 8.78. The van der Waals surface area contributed by atoms with Gasteiger partial charge in [-0.05, 0) is 30.8 Å². The molecule has 130 valence electrons. The van der Waals surface area contributed by atoms with Gasteiger partial charge >= 0.3 is 0 Å². The van der Waals surface area contributed by atoms with E-state index in [-0.39, 0.29) is 5.04 Å². The summed E-state index contributed by atoms with van der Waals surface area (Å²) >= 11 is 0. The normalized spacial score (nSPS) is 16.0. The largest absolute Gasteiger partial charge is 0.441 e. The first-order chi connectivity index (χ1) is 10.3. The van der Waals surface area contributed by atoms with E-state index in [1.807, 2.05) is 0 Å². The highest BCUT2D eigenvalue weighted by atomic mass is 28.4. The van der Waals surface area contributed by atoms with Crippen molar-refractivity contribution in [2.75, 3.05) is 6.17 Å². The van der Waals surface area contributed by atoms with Gasteiger partial charge in [-0.3, -0.25) is 0 Å². The molecule has 1 atom stereocenters. The fourth-order valence-corrected chi connectivity index (χ4v) is 12.9. The maximum atomic E-state index is 6.74. The predicted molar refractivity (Wildman–Crippen MR) is 112 cm³/mol. The molecule has 0 fully saturated rings. The second kappa shape index (κ2) is 7.19. The quantitative estimate of drug-likeness (QED) is 0.716. The minimum Gasteiger partial charge on any atom is -0.441 e. The van der Waals surface area contributed by atoms with Crippen LogP contribution >= 0.6 is 0 Å². The topological polar surface area (TPSA) is 21.3 Å². The molecule has 0 aliphatic carbocycles. The second-order valence-corrected chi connectivity index (χ2v) is 21.8. The molecule has 2 nitrogen and oxygen atoms in total. The van der Waals surface area contributed by atoms with Crippen molar-refractivity contribution >= 4 is 30.1 Å². The van der Waals surface area contributed by atoms with Crippen LogP contribution in [0.4, 0.5) is 0 Å². The first-order valence-corrected chi connectivity index (χ1v) is 17.1. The molecule has 0 saturated carbocycles. The van der Waals surface area contributed by atoms with Gasteiger partial charge in [-0.15, -0.1) is 6.58 Å². The minimum atomic E-state index is -2.10. The van der Waals surface area contributed by atoms with Gasteiger partial charge in [0.25, 0.3) is 8.48 Å². The Morgan fingerprint density at radius 2 is 1.57 bits per heavy atom. The summed E-state index contributed by atoms with van der Waals surface area (Å²) in [6, 6.07) is 10.9. The van der Waals surface area contributed by atoms with E-state index >= 15 is 0 Å². The molecular weight excluding hydrogens is 330 g/mol. The maximum Gasteiger partial charge on any atom is 0.280 e. The van der Waals surface area contributed by atoms with E-state index in [4.69, 9.17) is 4.12 Å². The zero-order chi connectivity index (χ0) is 17.9. The van der Waals surface area contributed by atoms with Crippen molar-refractivity contribution in [3.63, 3.8) is 0 Å². The Balaban J connectivity index is 2.85. The Hall–Kier alpha value is -0.469. The summed E-state index contributed by atoms with van der Waals surface area (Å²) in [5, 5.41) is 1.71. The van der Waals surface area contributed by atoms with E-state index in [0.29, 0.717) is 0 Å². The molecule has 0 bridgehead atoms. The van der Waals surface area contributed by atoms with Gasteiger partial charge in [-0.25, -0.2) is 0 Å². The highest BCUT2D eigenvalue weighted by molar-refractivity contribution is 6.92. The van der Waals surface area contributed by atoms with Crippen molar-refractivity contribution in [3.05, 3.63) is 42.6 Å². The molecular formula is C18H35NOSi3. The Bertz CT molecular complexity index is 523. The summed E-state index contributed by atoms with van der Waals surface area (Å²) in [7, 11) is -5.41.